The fourth-order valence-corrected chi connectivity index (χ4v) is 1.91. The molecule has 0 unspecified atom stereocenters. The van der Waals surface area contributed by atoms with Crippen molar-refractivity contribution in [3.63, 3.8) is 0 Å². The first-order chi connectivity index (χ1) is 8.60. The Morgan fingerprint density at radius 2 is 2.28 bits per heavy atom. The number of primary amides is 1. The minimum atomic E-state index is -0.603. The van der Waals surface area contributed by atoms with Crippen molar-refractivity contribution in [1.82, 2.24) is 9.78 Å². The van der Waals surface area contributed by atoms with Crippen molar-refractivity contribution in [2.45, 2.75) is 6.42 Å². The maximum Gasteiger partial charge on any atom is 0.339 e. The number of aromatic nitrogens is 2. The lowest BCUT2D eigenvalue weighted by atomic mass is 10.1. The highest BCUT2D eigenvalue weighted by atomic mass is 35.5. The third-order valence-electron chi connectivity index (χ3n) is 2.49. The van der Waals surface area contributed by atoms with Crippen LogP contribution < -0.4 is 10.5 Å². The second-order valence-corrected chi connectivity index (χ2v) is 4.18. The minimum absolute atomic E-state index is 0.553. The van der Waals surface area contributed by atoms with Crippen LogP contribution in [0.2, 0.25) is 5.02 Å². The highest BCUT2D eigenvalue weighted by Gasteiger charge is 2.06. The Balaban J connectivity index is 2.18. The van der Waals surface area contributed by atoms with Crippen LogP contribution in [0.3, 0.4) is 0 Å². The fourth-order valence-electron chi connectivity index (χ4n) is 1.63. The molecule has 6 heteroatoms. The van der Waals surface area contributed by atoms with E-state index in [4.69, 9.17) is 22.1 Å². The quantitative estimate of drug-likeness (QED) is 0.923. The Bertz CT molecular complexity index is 580. The van der Waals surface area contributed by atoms with Gasteiger partial charge in [0.2, 0.25) is 0 Å². The van der Waals surface area contributed by atoms with Crippen LogP contribution in [-0.2, 0) is 6.42 Å². The topological polar surface area (TPSA) is 70.1 Å². The molecule has 0 aliphatic rings. The Morgan fingerprint density at radius 1 is 1.50 bits per heavy atom. The van der Waals surface area contributed by atoms with Crippen molar-refractivity contribution in [3.05, 3.63) is 46.7 Å². The van der Waals surface area contributed by atoms with Gasteiger partial charge in [0.05, 0.1) is 18.3 Å². The number of methoxy groups -OCH3 is 1. The molecule has 0 aliphatic heterocycles. The third kappa shape index (κ3) is 2.62. The van der Waals surface area contributed by atoms with Gasteiger partial charge in [-0.2, -0.15) is 9.78 Å². The van der Waals surface area contributed by atoms with Gasteiger partial charge in [0.1, 0.15) is 5.75 Å². The van der Waals surface area contributed by atoms with Gasteiger partial charge in [-0.15, -0.1) is 0 Å². The smallest absolute Gasteiger partial charge is 0.339 e. The Labute approximate surface area is 109 Å². The molecular formula is C12H12ClN3O2. The van der Waals surface area contributed by atoms with Crippen LogP contribution in [0.4, 0.5) is 4.79 Å². The van der Waals surface area contributed by atoms with Gasteiger partial charge in [-0.05, 0) is 23.3 Å². The van der Waals surface area contributed by atoms with Gasteiger partial charge in [0, 0.05) is 12.6 Å². The number of rotatable bonds is 3. The Morgan fingerprint density at radius 3 is 2.83 bits per heavy atom. The highest BCUT2D eigenvalue weighted by Crippen LogP contribution is 2.25. The summed E-state index contributed by atoms with van der Waals surface area (Å²) < 4.78 is 6.17. The summed E-state index contributed by atoms with van der Waals surface area (Å²) in [5.41, 5.74) is 7.00. The molecule has 0 radical (unpaired) electrons. The summed E-state index contributed by atoms with van der Waals surface area (Å²) >= 11 is 6.03. The summed E-state index contributed by atoms with van der Waals surface area (Å²) in [5, 5.41) is 4.41. The molecule has 2 rings (SSSR count). The average molecular weight is 266 g/mol. The first-order valence-electron chi connectivity index (χ1n) is 5.26. The summed E-state index contributed by atoms with van der Waals surface area (Å²) in [5.74, 6) is 0.633. The van der Waals surface area contributed by atoms with Crippen LogP contribution >= 0.6 is 11.6 Å². The van der Waals surface area contributed by atoms with Crippen LogP contribution in [0.5, 0.6) is 5.75 Å². The zero-order valence-corrected chi connectivity index (χ0v) is 10.5. The van der Waals surface area contributed by atoms with Crippen LogP contribution in [0.15, 0.2) is 30.6 Å². The van der Waals surface area contributed by atoms with Crippen molar-refractivity contribution in [2.24, 2.45) is 5.73 Å². The molecule has 0 spiro atoms. The molecule has 0 atom stereocenters. The number of nitrogens with zero attached hydrogens (tertiary/aromatic N) is 2. The molecule has 0 fully saturated rings. The van der Waals surface area contributed by atoms with E-state index in [1.807, 2.05) is 12.1 Å². The molecule has 1 aromatic carbocycles. The molecule has 0 saturated carbocycles. The SMILES string of the molecule is COc1ccc(Cc2cnn(C(N)=O)c2)cc1Cl. The van der Waals surface area contributed by atoms with E-state index in [1.54, 1.807) is 25.6 Å². The number of amides is 1. The van der Waals surface area contributed by atoms with E-state index in [9.17, 15) is 4.79 Å². The Hall–Kier alpha value is -2.01. The first kappa shape index (κ1) is 12.4. The maximum atomic E-state index is 10.9. The molecule has 0 saturated heterocycles. The van der Waals surface area contributed by atoms with Crippen molar-refractivity contribution in [1.29, 1.82) is 0 Å². The number of ether oxygens (including phenoxy) is 1. The molecule has 5 nitrogen and oxygen atoms in total. The largest absolute Gasteiger partial charge is 0.495 e. The van der Waals surface area contributed by atoms with Crippen LogP contribution in [0.1, 0.15) is 11.1 Å². The maximum absolute atomic E-state index is 10.9. The molecule has 1 aromatic heterocycles. The lowest BCUT2D eigenvalue weighted by Gasteiger charge is -2.04. The lowest BCUT2D eigenvalue weighted by Crippen LogP contribution is -2.19. The van der Waals surface area contributed by atoms with Crippen molar-refractivity contribution < 1.29 is 9.53 Å². The lowest BCUT2D eigenvalue weighted by molar-refractivity contribution is 0.247. The molecule has 1 heterocycles. The van der Waals surface area contributed by atoms with Gasteiger partial charge in [-0.3, -0.25) is 0 Å². The molecular weight excluding hydrogens is 254 g/mol. The van der Waals surface area contributed by atoms with Crippen molar-refractivity contribution >= 4 is 17.6 Å². The fraction of sp³-hybridized carbons (Fsp3) is 0.167. The number of nitrogens with two attached hydrogens (primary N) is 1. The number of carbonyl (C=O) groups is 1. The second-order valence-electron chi connectivity index (χ2n) is 3.78. The number of benzene rings is 1. The zero-order valence-electron chi connectivity index (χ0n) is 9.76. The average Bonchev–Trinajstić information content (AvgIpc) is 2.78. The predicted octanol–water partition coefficient (Wildman–Crippen LogP) is 2.06. The van der Waals surface area contributed by atoms with Gasteiger partial charge in [0.25, 0.3) is 0 Å². The normalized spacial score (nSPS) is 10.3. The van der Waals surface area contributed by atoms with Crippen LogP contribution in [0.25, 0.3) is 0 Å². The number of halogens is 1. The van der Waals surface area contributed by atoms with E-state index in [-0.39, 0.29) is 0 Å². The van der Waals surface area contributed by atoms with Crippen LogP contribution in [-0.4, -0.2) is 22.9 Å². The summed E-state index contributed by atoms with van der Waals surface area (Å²) in [6, 6.07) is 4.93. The summed E-state index contributed by atoms with van der Waals surface area (Å²) in [6.45, 7) is 0. The van der Waals surface area contributed by atoms with E-state index in [1.165, 1.54) is 0 Å². The molecule has 0 aliphatic carbocycles. The van der Waals surface area contributed by atoms with Crippen LogP contribution in [0, 0.1) is 0 Å². The monoisotopic (exact) mass is 265 g/mol. The van der Waals surface area contributed by atoms with E-state index in [0.29, 0.717) is 17.2 Å². The summed E-state index contributed by atoms with van der Waals surface area (Å²) in [4.78, 5) is 10.9. The molecule has 1 amide bonds. The third-order valence-corrected chi connectivity index (χ3v) is 2.78. The van der Waals surface area contributed by atoms with E-state index < -0.39 is 6.03 Å². The Kier molecular flexibility index (Phi) is 3.53. The highest BCUT2D eigenvalue weighted by molar-refractivity contribution is 6.32. The van der Waals surface area contributed by atoms with E-state index in [0.717, 1.165) is 15.8 Å². The molecule has 2 N–H and O–H groups in total. The molecule has 0 bridgehead atoms. The van der Waals surface area contributed by atoms with Gasteiger partial charge >= 0.3 is 6.03 Å². The first-order valence-corrected chi connectivity index (χ1v) is 5.63. The zero-order chi connectivity index (χ0) is 13.1. The summed E-state index contributed by atoms with van der Waals surface area (Å²) in [7, 11) is 1.57. The molecule has 2 aromatic rings. The van der Waals surface area contributed by atoms with E-state index >= 15 is 0 Å². The van der Waals surface area contributed by atoms with Gasteiger partial charge in [-0.25, -0.2) is 4.79 Å². The number of carbonyl (C=O) groups excluding carboxylic acids is 1. The molecule has 94 valence electrons. The van der Waals surface area contributed by atoms with Gasteiger partial charge in [0.15, 0.2) is 0 Å². The van der Waals surface area contributed by atoms with Crippen molar-refractivity contribution in [3.8, 4) is 5.75 Å². The number of hydrogen-bond acceptors (Lipinski definition) is 3. The van der Waals surface area contributed by atoms with Crippen molar-refractivity contribution in [2.75, 3.05) is 7.11 Å². The standard InChI is InChI=1S/C12H12ClN3O2/c1-18-11-3-2-8(5-10(11)13)4-9-6-15-16(7-9)12(14)17/h2-3,5-7H,4H2,1H3,(H2,14,17). The second kappa shape index (κ2) is 5.10. The minimum Gasteiger partial charge on any atom is -0.495 e. The van der Waals surface area contributed by atoms with E-state index in [2.05, 4.69) is 5.10 Å². The molecule has 18 heavy (non-hydrogen) atoms. The van der Waals surface area contributed by atoms with Gasteiger partial charge in [-0.1, -0.05) is 17.7 Å². The van der Waals surface area contributed by atoms with Gasteiger partial charge < -0.3 is 10.5 Å². The number of hydrogen-bond donors (Lipinski definition) is 1. The summed E-state index contributed by atoms with van der Waals surface area (Å²) in [6.07, 6.45) is 3.82. The predicted molar refractivity (Wildman–Crippen MR) is 68.0 cm³/mol.